The summed E-state index contributed by atoms with van der Waals surface area (Å²) >= 11 is 0. The van der Waals surface area contributed by atoms with Crippen LogP contribution in [0.4, 0.5) is 4.79 Å². The van der Waals surface area contributed by atoms with Crippen LogP contribution < -0.4 is 10.6 Å². The number of halogens is 1. The molecule has 1 unspecified atom stereocenters. The van der Waals surface area contributed by atoms with Crippen molar-refractivity contribution in [3.8, 4) is 0 Å². The van der Waals surface area contributed by atoms with E-state index >= 15 is 0 Å². The number of carbonyl (C=O) groups excluding carboxylic acids is 2. The van der Waals surface area contributed by atoms with Gasteiger partial charge >= 0.3 is 6.03 Å². The molecule has 0 aromatic rings. The van der Waals surface area contributed by atoms with Crippen LogP contribution in [0.2, 0.25) is 0 Å². The van der Waals surface area contributed by atoms with Crippen LogP contribution in [0.25, 0.3) is 0 Å². The molecule has 7 heteroatoms. The first-order valence-electron chi connectivity index (χ1n) is 6.48. The van der Waals surface area contributed by atoms with E-state index in [-0.39, 0.29) is 24.3 Å². The minimum Gasteiger partial charge on any atom is -0.324 e. The molecule has 0 bridgehead atoms. The fraction of sp³-hybridized carbons (Fsp3) is 0.833. The van der Waals surface area contributed by atoms with Crippen molar-refractivity contribution >= 4 is 24.3 Å². The molecule has 0 aromatic carbocycles. The quantitative estimate of drug-likeness (QED) is 0.717. The van der Waals surface area contributed by atoms with Gasteiger partial charge in [0, 0.05) is 25.7 Å². The zero-order valence-corrected chi connectivity index (χ0v) is 12.5. The van der Waals surface area contributed by atoms with Crippen LogP contribution in [0.3, 0.4) is 0 Å². The number of likely N-dealkylation sites (tertiary alicyclic amines) is 1. The van der Waals surface area contributed by atoms with Crippen molar-refractivity contribution in [2.45, 2.75) is 31.8 Å². The van der Waals surface area contributed by atoms with Gasteiger partial charge in [-0.25, -0.2) is 4.79 Å². The first-order chi connectivity index (χ1) is 8.44. The highest BCUT2D eigenvalue weighted by Gasteiger charge is 2.44. The summed E-state index contributed by atoms with van der Waals surface area (Å²) in [4.78, 5) is 27.3. The van der Waals surface area contributed by atoms with Crippen LogP contribution in [-0.4, -0.2) is 66.5 Å². The average molecular weight is 291 g/mol. The summed E-state index contributed by atoms with van der Waals surface area (Å²) in [5, 5.41) is 5.95. The van der Waals surface area contributed by atoms with E-state index in [0.29, 0.717) is 12.6 Å². The molecule has 6 nitrogen and oxygen atoms in total. The molecule has 3 amide bonds. The second-order valence-corrected chi connectivity index (χ2v) is 5.59. The Bertz CT molecular complexity index is 362. The standard InChI is InChI=1S/C12H22N4O2.ClH/c1-12(2)10(17)16(11(18)14-12)7-6-15-5-4-9(8-15)13-3;/h9,13H,4-8H2,1-3H3,(H,14,18);1H. The molecule has 0 saturated carbocycles. The topological polar surface area (TPSA) is 64.7 Å². The molecule has 2 fully saturated rings. The molecule has 1 atom stereocenters. The molecule has 2 heterocycles. The Kier molecular flexibility index (Phi) is 5.18. The van der Waals surface area contributed by atoms with Gasteiger partial charge in [0.15, 0.2) is 0 Å². The predicted molar refractivity (Wildman–Crippen MR) is 75.5 cm³/mol. The van der Waals surface area contributed by atoms with Crippen LogP contribution in [0.15, 0.2) is 0 Å². The van der Waals surface area contributed by atoms with Crippen molar-refractivity contribution in [1.29, 1.82) is 0 Å². The van der Waals surface area contributed by atoms with E-state index in [1.165, 1.54) is 4.90 Å². The Morgan fingerprint density at radius 1 is 1.37 bits per heavy atom. The molecule has 2 rings (SSSR count). The Balaban J connectivity index is 0.00000180. The Morgan fingerprint density at radius 2 is 2.05 bits per heavy atom. The molecule has 0 radical (unpaired) electrons. The molecule has 19 heavy (non-hydrogen) atoms. The summed E-state index contributed by atoms with van der Waals surface area (Å²) < 4.78 is 0. The van der Waals surface area contributed by atoms with Gasteiger partial charge in [-0.3, -0.25) is 14.6 Å². The van der Waals surface area contributed by atoms with Crippen molar-refractivity contribution in [1.82, 2.24) is 20.4 Å². The number of hydrogen-bond donors (Lipinski definition) is 2. The summed E-state index contributed by atoms with van der Waals surface area (Å²) in [5.41, 5.74) is -0.754. The van der Waals surface area contributed by atoms with Gasteiger partial charge in [-0.05, 0) is 33.9 Å². The summed E-state index contributed by atoms with van der Waals surface area (Å²) in [5.74, 6) is -0.128. The van der Waals surface area contributed by atoms with Crippen molar-refractivity contribution in [2.75, 3.05) is 33.2 Å². The number of nitrogens with one attached hydrogen (secondary N) is 2. The number of likely N-dealkylation sites (N-methyl/N-ethyl adjacent to an activating group) is 1. The number of hydrogen-bond acceptors (Lipinski definition) is 4. The average Bonchev–Trinajstić information content (AvgIpc) is 2.82. The van der Waals surface area contributed by atoms with Gasteiger partial charge in [-0.2, -0.15) is 0 Å². The second-order valence-electron chi connectivity index (χ2n) is 5.59. The fourth-order valence-electron chi connectivity index (χ4n) is 2.53. The van der Waals surface area contributed by atoms with E-state index in [1.807, 2.05) is 7.05 Å². The number of nitrogens with zero attached hydrogens (tertiary/aromatic N) is 2. The van der Waals surface area contributed by atoms with Gasteiger partial charge in [-0.15, -0.1) is 12.4 Å². The highest BCUT2D eigenvalue weighted by atomic mass is 35.5. The summed E-state index contributed by atoms with van der Waals surface area (Å²) in [6.45, 7) is 6.72. The van der Waals surface area contributed by atoms with Crippen LogP contribution in [0.5, 0.6) is 0 Å². The fourth-order valence-corrected chi connectivity index (χ4v) is 2.53. The third kappa shape index (κ3) is 3.38. The van der Waals surface area contributed by atoms with Crippen LogP contribution in [-0.2, 0) is 4.79 Å². The van der Waals surface area contributed by atoms with Gasteiger partial charge in [0.25, 0.3) is 5.91 Å². The highest BCUT2D eigenvalue weighted by Crippen LogP contribution is 2.17. The second kappa shape index (κ2) is 6.07. The van der Waals surface area contributed by atoms with Gasteiger partial charge in [0.1, 0.15) is 5.54 Å². The molecule has 2 saturated heterocycles. The first-order valence-corrected chi connectivity index (χ1v) is 6.48. The lowest BCUT2D eigenvalue weighted by molar-refractivity contribution is -0.130. The van der Waals surface area contributed by atoms with Crippen LogP contribution >= 0.6 is 12.4 Å². The van der Waals surface area contributed by atoms with E-state index in [0.717, 1.165) is 26.1 Å². The summed E-state index contributed by atoms with van der Waals surface area (Å²) in [6, 6.07) is 0.263. The molecule has 110 valence electrons. The van der Waals surface area contributed by atoms with E-state index in [4.69, 9.17) is 0 Å². The molecular weight excluding hydrogens is 268 g/mol. The molecule has 0 spiro atoms. The summed E-state index contributed by atoms with van der Waals surface area (Å²) in [7, 11) is 1.97. The Morgan fingerprint density at radius 3 is 2.53 bits per heavy atom. The lowest BCUT2D eigenvalue weighted by Gasteiger charge is -2.20. The minimum absolute atomic E-state index is 0. The van der Waals surface area contributed by atoms with Crippen molar-refractivity contribution in [2.24, 2.45) is 0 Å². The van der Waals surface area contributed by atoms with E-state index < -0.39 is 5.54 Å². The zero-order valence-electron chi connectivity index (χ0n) is 11.7. The zero-order chi connectivity index (χ0) is 13.3. The molecule has 0 aliphatic carbocycles. The largest absolute Gasteiger partial charge is 0.325 e. The smallest absolute Gasteiger partial charge is 0.324 e. The molecular formula is C12H23ClN4O2. The lowest BCUT2D eigenvalue weighted by atomic mass is 10.1. The van der Waals surface area contributed by atoms with Gasteiger partial charge in [0.2, 0.25) is 0 Å². The van der Waals surface area contributed by atoms with Gasteiger partial charge in [-0.1, -0.05) is 0 Å². The molecule has 2 N–H and O–H groups in total. The van der Waals surface area contributed by atoms with E-state index in [9.17, 15) is 9.59 Å². The van der Waals surface area contributed by atoms with Crippen molar-refractivity contribution in [3.63, 3.8) is 0 Å². The number of urea groups is 1. The van der Waals surface area contributed by atoms with Crippen LogP contribution in [0.1, 0.15) is 20.3 Å². The maximum atomic E-state index is 12.0. The monoisotopic (exact) mass is 290 g/mol. The number of rotatable bonds is 4. The predicted octanol–water partition coefficient (Wildman–Crippen LogP) is 0.0323. The summed E-state index contributed by atoms with van der Waals surface area (Å²) in [6.07, 6.45) is 1.13. The maximum absolute atomic E-state index is 12.0. The lowest BCUT2D eigenvalue weighted by Crippen LogP contribution is -2.42. The maximum Gasteiger partial charge on any atom is 0.325 e. The SMILES string of the molecule is CNC1CCN(CCN2C(=O)NC(C)(C)C2=O)C1.Cl. The first kappa shape index (κ1) is 16.2. The molecule has 2 aliphatic rings. The Labute approximate surface area is 120 Å². The third-order valence-corrected chi connectivity index (χ3v) is 3.76. The highest BCUT2D eigenvalue weighted by molar-refractivity contribution is 6.06. The number of imide groups is 1. The molecule has 2 aliphatic heterocycles. The van der Waals surface area contributed by atoms with Gasteiger partial charge in [0.05, 0.1) is 0 Å². The van der Waals surface area contributed by atoms with Gasteiger partial charge < -0.3 is 10.6 Å². The third-order valence-electron chi connectivity index (χ3n) is 3.76. The normalized spacial score (nSPS) is 26.5. The van der Waals surface area contributed by atoms with Crippen molar-refractivity contribution < 1.29 is 9.59 Å². The van der Waals surface area contributed by atoms with E-state index in [1.54, 1.807) is 13.8 Å². The Hall–Kier alpha value is -0.850. The number of carbonyl (C=O) groups is 2. The van der Waals surface area contributed by atoms with Crippen molar-refractivity contribution in [3.05, 3.63) is 0 Å². The van der Waals surface area contributed by atoms with E-state index in [2.05, 4.69) is 15.5 Å². The van der Waals surface area contributed by atoms with Crippen LogP contribution in [0, 0.1) is 0 Å². The number of amides is 3. The minimum atomic E-state index is -0.754. The molecule has 0 aromatic heterocycles.